The number of carbonyl (C=O) groups excluding carboxylic acids is 2. The zero-order chi connectivity index (χ0) is 18.4. The number of amides is 2. The quantitative estimate of drug-likeness (QED) is 0.850. The van der Waals surface area contributed by atoms with E-state index >= 15 is 0 Å². The summed E-state index contributed by atoms with van der Waals surface area (Å²) in [4.78, 5) is 28.5. The van der Waals surface area contributed by atoms with Crippen molar-refractivity contribution >= 4 is 12.0 Å². The maximum absolute atomic E-state index is 12.7. The van der Waals surface area contributed by atoms with Crippen LogP contribution in [0, 0.1) is 6.92 Å². The molecule has 5 nitrogen and oxygen atoms in total. The van der Waals surface area contributed by atoms with E-state index in [4.69, 9.17) is 4.74 Å². The normalized spacial score (nSPS) is 14.7. The zero-order valence-corrected chi connectivity index (χ0v) is 15.1. The highest BCUT2D eigenvalue weighted by Gasteiger charge is 2.23. The van der Waals surface area contributed by atoms with Crippen LogP contribution in [0.2, 0.25) is 0 Å². The molecular weight excluding hydrogens is 328 g/mol. The van der Waals surface area contributed by atoms with Crippen LogP contribution in [-0.4, -0.2) is 48.0 Å². The minimum atomic E-state index is -0.321. The van der Waals surface area contributed by atoms with E-state index in [0.29, 0.717) is 31.7 Å². The van der Waals surface area contributed by atoms with Gasteiger partial charge in [0.15, 0.2) is 0 Å². The number of hydrogen-bond acceptors (Lipinski definition) is 3. The minimum Gasteiger partial charge on any atom is -0.445 e. The van der Waals surface area contributed by atoms with Crippen LogP contribution < -0.4 is 0 Å². The molecule has 0 aliphatic carbocycles. The minimum absolute atomic E-state index is 0.0215. The first-order valence-corrected chi connectivity index (χ1v) is 8.95. The van der Waals surface area contributed by atoms with E-state index in [0.717, 1.165) is 17.5 Å². The molecule has 0 saturated carbocycles. The second-order valence-corrected chi connectivity index (χ2v) is 6.54. The number of rotatable bonds is 3. The van der Waals surface area contributed by atoms with Crippen LogP contribution in [0.3, 0.4) is 0 Å². The molecule has 1 fully saturated rings. The van der Waals surface area contributed by atoms with Crippen molar-refractivity contribution in [2.75, 3.05) is 26.2 Å². The Hall–Kier alpha value is -2.82. The monoisotopic (exact) mass is 352 g/mol. The van der Waals surface area contributed by atoms with Crippen molar-refractivity contribution in [2.45, 2.75) is 20.0 Å². The molecule has 0 spiro atoms. The van der Waals surface area contributed by atoms with E-state index in [9.17, 15) is 9.59 Å². The standard InChI is InChI=1S/C21H24N2O3/c1-17-7-5-10-19(15-17)20(24)22-11-6-12-23(14-13-22)21(25)26-16-18-8-3-2-4-9-18/h2-5,7-10,15H,6,11-14,16H2,1H3. The van der Waals surface area contributed by atoms with Crippen LogP contribution in [0.4, 0.5) is 4.79 Å². The van der Waals surface area contributed by atoms with Gasteiger partial charge < -0.3 is 14.5 Å². The number of aryl methyl sites for hydroxylation is 1. The molecule has 1 heterocycles. The largest absolute Gasteiger partial charge is 0.445 e. The van der Waals surface area contributed by atoms with Crippen molar-refractivity contribution in [3.8, 4) is 0 Å². The Morgan fingerprint density at radius 2 is 1.65 bits per heavy atom. The lowest BCUT2D eigenvalue weighted by Gasteiger charge is -2.22. The van der Waals surface area contributed by atoms with Crippen molar-refractivity contribution in [3.63, 3.8) is 0 Å². The number of ether oxygens (including phenoxy) is 1. The molecule has 1 aliphatic rings. The summed E-state index contributed by atoms with van der Waals surface area (Å²) in [6.07, 6.45) is 0.427. The summed E-state index contributed by atoms with van der Waals surface area (Å²) in [6.45, 7) is 4.50. The molecule has 5 heteroatoms. The van der Waals surface area contributed by atoms with Crippen LogP contribution in [0.1, 0.15) is 27.9 Å². The van der Waals surface area contributed by atoms with Crippen LogP contribution in [0.5, 0.6) is 0 Å². The molecule has 0 atom stereocenters. The Labute approximate surface area is 154 Å². The summed E-state index contributed by atoms with van der Waals surface area (Å²) >= 11 is 0. The fraction of sp³-hybridized carbons (Fsp3) is 0.333. The summed E-state index contributed by atoms with van der Waals surface area (Å²) in [5.41, 5.74) is 2.73. The van der Waals surface area contributed by atoms with Gasteiger partial charge in [-0.25, -0.2) is 4.79 Å². The maximum atomic E-state index is 12.7. The fourth-order valence-corrected chi connectivity index (χ4v) is 3.07. The highest BCUT2D eigenvalue weighted by Crippen LogP contribution is 2.12. The average molecular weight is 352 g/mol. The molecule has 0 unspecified atom stereocenters. The molecule has 1 saturated heterocycles. The Bertz CT molecular complexity index is 761. The first kappa shape index (κ1) is 18.0. The zero-order valence-electron chi connectivity index (χ0n) is 15.1. The van der Waals surface area contributed by atoms with Crippen LogP contribution in [0.15, 0.2) is 54.6 Å². The van der Waals surface area contributed by atoms with Gasteiger partial charge in [0.05, 0.1) is 0 Å². The second-order valence-electron chi connectivity index (χ2n) is 6.54. The van der Waals surface area contributed by atoms with Crippen molar-refractivity contribution in [3.05, 3.63) is 71.3 Å². The summed E-state index contributed by atoms with van der Waals surface area (Å²) < 4.78 is 5.40. The van der Waals surface area contributed by atoms with Gasteiger partial charge in [-0.05, 0) is 31.0 Å². The summed E-state index contributed by atoms with van der Waals surface area (Å²) in [5, 5.41) is 0. The van der Waals surface area contributed by atoms with Crippen molar-refractivity contribution in [1.29, 1.82) is 0 Å². The van der Waals surface area contributed by atoms with Gasteiger partial charge in [-0.1, -0.05) is 48.0 Å². The molecule has 2 aromatic carbocycles. The maximum Gasteiger partial charge on any atom is 0.410 e. The second kappa shape index (κ2) is 8.52. The number of benzene rings is 2. The van der Waals surface area contributed by atoms with E-state index in [-0.39, 0.29) is 18.6 Å². The summed E-state index contributed by atoms with van der Waals surface area (Å²) in [6, 6.07) is 17.2. The third-order valence-corrected chi connectivity index (χ3v) is 4.51. The van der Waals surface area contributed by atoms with Crippen molar-refractivity contribution in [1.82, 2.24) is 9.80 Å². The van der Waals surface area contributed by atoms with Crippen LogP contribution in [0.25, 0.3) is 0 Å². The van der Waals surface area contributed by atoms with Gasteiger partial charge in [0.2, 0.25) is 0 Å². The number of hydrogen-bond donors (Lipinski definition) is 0. The lowest BCUT2D eigenvalue weighted by molar-refractivity contribution is 0.0749. The van der Waals surface area contributed by atoms with Gasteiger partial charge >= 0.3 is 6.09 Å². The van der Waals surface area contributed by atoms with E-state index in [2.05, 4.69) is 0 Å². The number of nitrogens with zero attached hydrogens (tertiary/aromatic N) is 2. The molecule has 0 bridgehead atoms. The van der Waals surface area contributed by atoms with Gasteiger partial charge in [0.1, 0.15) is 6.61 Å². The molecule has 3 rings (SSSR count). The summed E-state index contributed by atoms with van der Waals surface area (Å²) in [7, 11) is 0. The SMILES string of the molecule is Cc1cccc(C(=O)N2CCCN(C(=O)OCc3ccccc3)CC2)c1. The predicted octanol–water partition coefficient (Wildman–Crippen LogP) is 3.48. The Morgan fingerprint density at radius 1 is 0.923 bits per heavy atom. The molecule has 2 aromatic rings. The smallest absolute Gasteiger partial charge is 0.410 e. The van der Waals surface area contributed by atoms with E-state index < -0.39 is 0 Å². The first-order chi connectivity index (χ1) is 12.6. The Morgan fingerprint density at radius 3 is 2.42 bits per heavy atom. The Kier molecular flexibility index (Phi) is 5.89. The highest BCUT2D eigenvalue weighted by molar-refractivity contribution is 5.94. The highest BCUT2D eigenvalue weighted by atomic mass is 16.6. The predicted molar refractivity (Wildman–Crippen MR) is 99.9 cm³/mol. The van der Waals surface area contributed by atoms with E-state index in [1.54, 1.807) is 4.90 Å². The molecule has 0 N–H and O–H groups in total. The van der Waals surface area contributed by atoms with Gasteiger partial charge in [-0.2, -0.15) is 0 Å². The molecule has 136 valence electrons. The van der Waals surface area contributed by atoms with Crippen LogP contribution in [-0.2, 0) is 11.3 Å². The van der Waals surface area contributed by atoms with Crippen molar-refractivity contribution in [2.24, 2.45) is 0 Å². The van der Waals surface area contributed by atoms with Gasteiger partial charge in [-0.3, -0.25) is 4.79 Å². The molecule has 0 aromatic heterocycles. The van der Waals surface area contributed by atoms with Gasteiger partial charge in [-0.15, -0.1) is 0 Å². The molecule has 26 heavy (non-hydrogen) atoms. The third-order valence-electron chi connectivity index (χ3n) is 4.51. The Balaban J connectivity index is 1.54. The molecular formula is C21H24N2O3. The third kappa shape index (κ3) is 4.63. The lowest BCUT2D eigenvalue weighted by atomic mass is 10.1. The summed E-state index contributed by atoms with van der Waals surface area (Å²) in [5.74, 6) is 0.0215. The van der Waals surface area contributed by atoms with Crippen LogP contribution >= 0.6 is 0 Å². The lowest BCUT2D eigenvalue weighted by Crippen LogP contribution is -2.37. The molecule has 1 aliphatic heterocycles. The van der Waals surface area contributed by atoms with Gasteiger partial charge in [0, 0.05) is 31.7 Å². The van der Waals surface area contributed by atoms with Gasteiger partial charge in [0.25, 0.3) is 5.91 Å². The van der Waals surface area contributed by atoms with Crippen molar-refractivity contribution < 1.29 is 14.3 Å². The molecule has 0 radical (unpaired) electrons. The first-order valence-electron chi connectivity index (χ1n) is 8.95. The van der Waals surface area contributed by atoms with E-state index in [1.165, 1.54) is 0 Å². The number of carbonyl (C=O) groups is 2. The fourth-order valence-electron chi connectivity index (χ4n) is 3.07. The van der Waals surface area contributed by atoms with E-state index in [1.807, 2.05) is 66.4 Å². The average Bonchev–Trinajstić information content (AvgIpc) is 2.92. The molecule has 2 amide bonds. The topological polar surface area (TPSA) is 49.9 Å².